The molecule has 18 heavy (non-hydrogen) atoms. The molecule has 104 valence electrons. The van der Waals surface area contributed by atoms with Crippen molar-refractivity contribution in [3.05, 3.63) is 0 Å². The Morgan fingerprint density at radius 1 is 1.28 bits per heavy atom. The molecule has 1 aliphatic rings. The number of amides is 1. The normalized spacial score (nSPS) is 22.4. The number of Topliss-reactive ketones (excluding diaryl/α,β-unsaturated/α-hetero) is 1. The Morgan fingerprint density at radius 2 is 2.00 bits per heavy atom. The fourth-order valence-electron chi connectivity index (χ4n) is 2.61. The van der Waals surface area contributed by atoms with E-state index in [-0.39, 0.29) is 17.7 Å². The molecule has 1 rings (SSSR count). The van der Waals surface area contributed by atoms with Gasteiger partial charge in [-0.05, 0) is 25.7 Å². The summed E-state index contributed by atoms with van der Waals surface area (Å²) in [5, 5.41) is 0. The molecular weight excluding hydrogens is 226 g/mol. The first-order chi connectivity index (χ1) is 8.54. The Bertz CT molecular complexity index is 288. The van der Waals surface area contributed by atoms with E-state index in [4.69, 9.17) is 0 Å². The van der Waals surface area contributed by atoms with Gasteiger partial charge in [-0.1, -0.05) is 33.1 Å². The number of likely N-dealkylation sites (tertiary alicyclic amines) is 1. The number of carbonyl (C=O) groups is 2. The Kier molecular flexibility index (Phi) is 6.37. The van der Waals surface area contributed by atoms with Crippen LogP contribution in [0.2, 0.25) is 0 Å². The molecular formula is C15H27NO2. The second kappa shape index (κ2) is 7.55. The van der Waals surface area contributed by atoms with E-state index in [2.05, 4.69) is 13.8 Å². The maximum Gasteiger partial charge on any atom is 0.223 e. The molecule has 1 aliphatic heterocycles. The summed E-state index contributed by atoms with van der Waals surface area (Å²) < 4.78 is 0. The lowest BCUT2D eigenvalue weighted by Gasteiger charge is -2.30. The van der Waals surface area contributed by atoms with Crippen LogP contribution in [-0.2, 0) is 9.59 Å². The first-order valence-electron chi connectivity index (χ1n) is 7.33. The van der Waals surface area contributed by atoms with Gasteiger partial charge in [-0.2, -0.15) is 0 Å². The minimum absolute atomic E-state index is 0.154. The monoisotopic (exact) mass is 253 g/mol. The molecule has 0 spiro atoms. The summed E-state index contributed by atoms with van der Waals surface area (Å²) in [5.74, 6) is 0.888. The summed E-state index contributed by atoms with van der Waals surface area (Å²) in [4.78, 5) is 25.6. The average molecular weight is 253 g/mol. The molecule has 1 heterocycles. The van der Waals surface area contributed by atoms with Crippen LogP contribution in [0.5, 0.6) is 0 Å². The Morgan fingerprint density at radius 3 is 2.61 bits per heavy atom. The van der Waals surface area contributed by atoms with Crippen LogP contribution in [0.15, 0.2) is 0 Å². The maximum absolute atomic E-state index is 12.3. The average Bonchev–Trinajstić information content (AvgIpc) is 2.53. The van der Waals surface area contributed by atoms with E-state index >= 15 is 0 Å². The van der Waals surface area contributed by atoms with E-state index in [9.17, 15) is 9.59 Å². The standard InChI is InChI=1S/C15H27NO2/c1-4-12(2)10-15(18)16-9-7-5-6-8-14(16)11-13(3)17/h12,14H,4-11H2,1-3H3. The molecule has 0 aromatic heterocycles. The highest BCUT2D eigenvalue weighted by Gasteiger charge is 2.26. The van der Waals surface area contributed by atoms with Crippen molar-refractivity contribution in [3.63, 3.8) is 0 Å². The van der Waals surface area contributed by atoms with Crippen molar-refractivity contribution in [1.29, 1.82) is 0 Å². The van der Waals surface area contributed by atoms with E-state index in [0.29, 0.717) is 18.8 Å². The molecule has 0 aliphatic carbocycles. The van der Waals surface area contributed by atoms with Gasteiger partial charge in [-0.3, -0.25) is 9.59 Å². The van der Waals surface area contributed by atoms with Crippen molar-refractivity contribution in [1.82, 2.24) is 4.90 Å². The van der Waals surface area contributed by atoms with Crippen LogP contribution in [0, 0.1) is 5.92 Å². The van der Waals surface area contributed by atoms with Crippen LogP contribution in [0.1, 0.15) is 65.7 Å². The third-order valence-corrected chi connectivity index (χ3v) is 3.94. The highest BCUT2D eigenvalue weighted by molar-refractivity contribution is 5.79. The lowest BCUT2D eigenvalue weighted by Crippen LogP contribution is -2.41. The number of ketones is 1. The van der Waals surface area contributed by atoms with Gasteiger partial charge in [-0.15, -0.1) is 0 Å². The zero-order valence-electron chi connectivity index (χ0n) is 12.1. The van der Waals surface area contributed by atoms with Gasteiger partial charge in [0.15, 0.2) is 0 Å². The largest absolute Gasteiger partial charge is 0.339 e. The summed E-state index contributed by atoms with van der Waals surface area (Å²) in [6.07, 6.45) is 6.60. The van der Waals surface area contributed by atoms with Crippen molar-refractivity contribution in [3.8, 4) is 0 Å². The number of nitrogens with zero attached hydrogens (tertiary/aromatic N) is 1. The molecule has 0 bridgehead atoms. The van der Waals surface area contributed by atoms with Gasteiger partial charge < -0.3 is 4.90 Å². The van der Waals surface area contributed by atoms with Crippen LogP contribution in [0.25, 0.3) is 0 Å². The zero-order chi connectivity index (χ0) is 13.5. The highest BCUT2D eigenvalue weighted by atomic mass is 16.2. The van der Waals surface area contributed by atoms with E-state index in [1.165, 1.54) is 6.42 Å². The molecule has 0 aromatic carbocycles. The van der Waals surface area contributed by atoms with E-state index in [1.807, 2.05) is 4.90 Å². The third kappa shape index (κ3) is 4.79. The molecule has 0 radical (unpaired) electrons. The molecule has 1 saturated heterocycles. The number of carbonyl (C=O) groups excluding carboxylic acids is 2. The van der Waals surface area contributed by atoms with Gasteiger partial charge in [-0.25, -0.2) is 0 Å². The predicted octanol–water partition coefficient (Wildman–Crippen LogP) is 3.17. The summed E-state index contributed by atoms with van der Waals surface area (Å²) in [6, 6.07) is 0.154. The quantitative estimate of drug-likeness (QED) is 0.754. The van der Waals surface area contributed by atoms with Crippen molar-refractivity contribution in [2.24, 2.45) is 5.92 Å². The molecule has 1 amide bonds. The van der Waals surface area contributed by atoms with Gasteiger partial charge >= 0.3 is 0 Å². The summed E-state index contributed by atoms with van der Waals surface area (Å²) >= 11 is 0. The van der Waals surface area contributed by atoms with Crippen molar-refractivity contribution < 1.29 is 9.59 Å². The fourth-order valence-corrected chi connectivity index (χ4v) is 2.61. The van der Waals surface area contributed by atoms with Crippen LogP contribution in [0.4, 0.5) is 0 Å². The molecule has 3 nitrogen and oxygen atoms in total. The molecule has 1 fully saturated rings. The first-order valence-corrected chi connectivity index (χ1v) is 7.33. The van der Waals surface area contributed by atoms with E-state index < -0.39 is 0 Å². The topological polar surface area (TPSA) is 37.4 Å². The van der Waals surface area contributed by atoms with Crippen LogP contribution in [0.3, 0.4) is 0 Å². The molecule has 3 heteroatoms. The minimum atomic E-state index is 0.154. The summed E-state index contributed by atoms with van der Waals surface area (Å²) in [5.41, 5.74) is 0. The zero-order valence-corrected chi connectivity index (χ0v) is 12.1. The lowest BCUT2D eigenvalue weighted by atomic mass is 10.0. The van der Waals surface area contributed by atoms with Crippen LogP contribution < -0.4 is 0 Å². The van der Waals surface area contributed by atoms with Gasteiger partial charge in [0.05, 0.1) is 0 Å². The van der Waals surface area contributed by atoms with Crippen molar-refractivity contribution in [2.75, 3.05) is 6.54 Å². The Labute approximate surface area is 111 Å². The first kappa shape index (κ1) is 15.2. The summed E-state index contributed by atoms with van der Waals surface area (Å²) in [6.45, 7) is 6.71. The highest BCUT2D eigenvalue weighted by Crippen LogP contribution is 2.22. The molecule has 0 aromatic rings. The Balaban J connectivity index is 2.65. The van der Waals surface area contributed by atoms with Crippen LogP contribution >= 0.6 is 0 Å². The maximum atomic E-state index is 12.3. The predicted molar refractivity (Wildman–Crippen MR) is 73.3 cm³/mol. The van der Waals surface area contributed by atoms with Crippen LogP contribution in [-0.4, -0.2) is 29.2 Å². The van der Waals surface area contributed by atoms with Gasteiger partial charge in [0, 0.05) is 25.4 Å². The number of rotatable bonds is 5. The molecule has 2 atom stereocenters. The Hall–Kier alpha value is -0.860. The van der Waals surface area contributed by atoms with E-state index in [0.717, 1.165) is 32.2 Å². The molecule has 0 saturated carbocycles. The lowest BCUT2D eigenvalue weighted by molar-refractivity contribution is -0.135. The second-order valence-corrected chi connectivity index (χ2v) is 5.71. The number of hydrogen-bond acceptors (Lipinski definition) is 2. The smallest absolute Gasteiger partial charge is 0.223 e. The third-order valence-electron chi connectivity index (χ3n) is 3.94. The second-order valence-electron chi connectivity index (χ2n) is 5.71. The van der Waals surface area contributed by atoms with Crippen molar-refractivity contribution in [2.45, 2.75) is 71.8 Å². The van der Waals surface area contributed by atoms with E-state index in [1.54, 1.807) is 6.92 Å². The molecule has 2 unspecified atom stereocenters. The van der Waals surface area contributed by atoms with Gasteiger partial charge in [0.25, 0.3) is 0 Å². The number of hydrogen-bond donors (Lipinski definition) is 0. The summed E-state index contributed by atoms with van der Waals surface area (Å²) in [7, 11) is 0. The molecule has 0 N–H and O–H groups in total. The SMILES string of the molecule is CCC(C)CC(=O)N1CCCCCC1CC(C)=O. The van der Waals surface area contributed by atoms with Crippen molar-refractivity contribution >= 4 is 11.7 Å². The minimum Gasteiger partial charge on any atom is -0.339 e. The van der Waals surface area contributed by atoms with Gasteiger partial charge in [0.2, 0.25) is 5.91 Å². The fraction of sp³-hybridized carbons (Fsp3) is 0.867. The van der Waals surface area contributed by atoms with Gasteiger partial charge in [0.1, 0.15) is 5.78 Å².